The normalized spacial score (nSPS) is 13.8. The summed E-state index contributed by atoms with van der Waals surface area (Å²) in [5.74, 6) is -0.333. The van der Waals surface area contributed by atoms with E-state index in [4.69, 9.17) is 4.74 Å². The summed E-state index contributed by atoms with van der Waals surface area (Å²) < 4.78 is 5.38. The van der Waals surface area contributed by atoms with Crippen molar-refractivity contribution in [3.05, 3.63) is 59.2 Å². The van der Waals surface area contributed by atoms with E-state index in [0.717, 1.165) is 48.8 Å². The number of hydrogen-bond acceptors (Lipinski definition) is 4. The smallest absolute Gasteiger partial charge is 0.254 e. The van der Waals surface area contributed by atoms with E-state index in [9.17, 15) is 9.59 Å². The molecule has 0 bridgehead atoms. The molecule has 154 valence electrons. The fraction of sp³-hybridized carbons (Fsp3) is 0.391. The van der Waals surface area contributed by atoms with Gasteiger partial charge in [0.05, 0.1) is 13.2 Å². The molecule has 0 radical (unpaired) electrons. The zero-order chi connectivity index (χ0) is 20.8. The molecule has 0 unspecified atom stereocenters. The molecule has 29 heavy (non-hydrogen) atoms. The molecule has 1 aliphatic heterocycles. The molecule has 1 N–H and O–H groups in total. The van der Waals surface area contributed by atoms with E-state index < -0.39 is 0 Å². The van der Waals surface area contributed by atoms with Crippen molar-refractivity contribution in [2.24, 2.45) is 0 Å². The molecular weight excluding hydrogens is 366 g/mol. The lowest BCUT2D eigenvalue weighted by molar-refractivity contribution is -0.116. The van der Waals surface area contributed by atoms with Crippen LogP contribution in [0.2, 0.25) is 0 Å². The minimum atomic E-state index is -0.205. The molecular formula is C23H29N3O3. The number of rotatable bonds is 6. The van der Waals surface area contributed by atoms with Crippen molar-refractivity contribution in [2.75, 3.05) is 49.6 Å². The predicted octanol–water partition coefficient (Wildman–Crippen LogP) is 3.24. The van der Waals surface area contributed by atoms with E-state index in [1.165, 1.54) is 0 Å². The topological polar surface area (TPSA) is 61.9 Å². The van der Waals surface area contributed by atoms with Gasteiger partial charge in [-0.3, -0.25) is 9.59 Å². The molecule has 1 heterocycles. The number of morpholine rings is 1. The molecule has 2 aromatic rings. The Morgan fingerprint density at radius 2 is 1.66 bits per heavy atom. The van der Waals surface area contributed by atoms with Gasteiger partial charge in [0, 0.05) is 36.6 Å². The first kappa shape index (κ1) is 20.9. The van der Waals surface area contributed by atoms with Gasteiger partial charge in [0.15, 0.2) is 0 Å². The number of amides is 2. The molecule has 0 saturated carbocycles. The van der Waals surface area contributed by atoms with E-state index in [2.05, 4.69) is 10.2 Å². The number of carbonyl (C=O) groups excluding carboxylic acids is 2. The van der Waals surface area contributed by atoms with E-state index in [1.807, 2.05) is 63.2 Å². The number of benzene rings is 2. The third-order valence-corrected chi connectivity index (χ3v) is 5.00. The summed E-state index contributed by atoms with van der Waals surface area (Å²) in [5, 5.41) is 2.89. The van der Waals surface area contributed by atoms with Gasteiger partial charge in [-0.1, -0.05) is 17.2 Å². The average Bonchev–Trinajstić information content (AvgIpc) is 2.72. The summed E-state index contributed by atoms with van der Waals surface area (Å²) >= 11 is 0. The highest BCUT2D eigenvalue weighted by Crippen LogP contribution is 2.19. The number of ether oxygens (including phenoxy) is 1. The van der Waals surface area contributed by atoms with Crippen molar-refractivity contribution in [1.82, 2.24) is 4.90 Å². The third kappa shape index (κ3) is 5.57. The van der Waals surface area contributed by atoms with Crippen LogP contribution >= 0.6 is 0 Å². The highest BCUT2D eigenvalue weighted by atomic mass is 16.5. The number of carbonyl (C=O) groups is 2. The molecule has 1 saturated heterocycles. The first-order chi connectivity index (χ1) is 14.0. The van der Waals surface area contributed by atoms with Gasteiger partial charge in [-0.15, -0.1) is 0 Å². The van der Waals surface area contributed by atoms with Gasteiger partial charge in [0.25, 0.3) is 5.91 Å². The molecule has 3 rings (SSSR count). The van der Waals surface area contributed by atoms with Crippen molar-refractivity contribution in [1.29, 1.82) is 0 Å². The molecule has 2 amide bonds. The lowest BCUT2D eigenvalue weighted by Crippen LogP contribution is -2.38. The Morgan fingerprint density at radius 3 is 2.24 bits per heavy atom. The van der Waals surface area contributed by atoms with Gasteiger partial charge in [0.2, 0.25) is 5.91 Å². The minimum absolute atomic E-state index is 0.0214. The van der Waals surface area contributed by atoms with E-state index in [0.29, 0.717) is 12.1 Å². The Hall–Kier alpha value is -2.86. The predicted molar refractivity (Wildman–Crippen MR) is 116 cm³/mol. The van der Waals surface area contributed by atoms with Gasteiger partial charge in [-0.05, 0) is 57.2 Å². The van der Waals surface area contributed by atoms with Crippen LogP contribution in [0.5, 0.6) is 0 Å². The summed E-state index contributed by atoms with van der Waals surface area (Å²) in [5.41, 5.74) is 4.53. The fourth-order valence-electron chi connectivity index (χ4n) is 3.56. The van der Waals surface area contributed by atoms with Crippen molar-refractivity contribution in [3.63, 3.8) is 0 Å². The Morgan fingerprint density at radius 1 is 1.03 bits per heavy atom. The van der Waals surface area contributed by atoms with Crippen LogP contribution < -0.4 is 10.2 Å². The number of nitrogens with zero attached hydrogens (tertiary/aromatic N) is 2. The number of anilines is 2. The number of aryl methyl sites for hydroxylation is 2. The number of hydrogen-bond donors (Lipinski definition) is 1. The molecule has 0 spiro atoms. The maximum atomic E-state index is 12.8. The van der Waals surface area contributed by atoms with Crippen molar-refractivity contribution >= 4 is 23.2 Å². The molecule has 0 aromatic heterocycles. The van der Waals surface area contributed by atoms with E-state index >= 15 is 0 Å². The SMILES string of the molecule is CCN(CC(=O)Nc1ccc(N2CCOCC2)cc1)C(=O)c1cc(C)cc(C)c1. The van der Waals surface area contributed by atoms with Crippen LogP contribution in [-0.2, 0) is 9.53 Å². The van der Waals surface area contributed by atoms with Crippen molar-refractivity contribution in [3.8, 4) is 0 Å². The van der Waals surface area contributed by atoms with Crippen LogP contribution in [-0.4, -0.2) is 56.1 Å². The second kappa shape index (κ2) is 9.56. The van der Waals surface area contributed by atoms with Crippen LogP contribution in [0.25, 0.3) is 0 Å². The van der Waals surface area contributed by atoms with Crippen LogP contribution in [0.3, 0.4) is 0 Å². The van der Waals surface area contributed by atoms with Gasteiger partial charge in [-0.2, -0.15) is 0 Å². The van der Waals surface area contributed by atoms with Crippen LogP contribution in [0, 0.1) is 13.8 Å². The van der Waals surface area contributed by atoms with Gasteiger partial charge >= 0.3 is 0 Å². The van der Waals surface area contributed by atoms with E-state index in [-0.39, 0.29) is 18.4 Å². The molecule has 0 aliphatic carbocycles. The maximum Gasteiger partial charge on any atom is 0.254 e. The zero-order valence-corrected chi connectivity index (χ0v) is 17.4. The fourth-order valence-corrected chi connectivity index (χ4v) is 3.56. The van der Waals surface area contributed by atoms with Crippen molar-refractivity contribution < 1.29 is 14.3 Å². The zero-order valence-electron chi connectivity index (χ0n) is 17.4. The monoisotopic (exact) mass is 395 g/mol. The average molecular weight is 396 g/mol. The highest BCUT2D eigenvalue weighted by Gasteiger charge is 2.18. The Labute approximate surface area is 172 Å². The quantitative estimate of drug-likeness (QED) is 0.816. The lowest BCUT2D eigenvalue weighted by atomic mass is 10.1. The molecule has 6 heteroatoms. The molecule has 6 nitrogen and oxygen atoms in total. The van der Waals surface area contributed by atoms with Gasteiger partial charge < -0.3 is 19.9 Å². The summed E-state index contributed by atoms with van der Waals surface area (Å²) in [6.45, 7) is 9.52. The van der Waals surface area contributed by atoms with Crippen LogP contribution in [0.15, 0.2) is 42.5 Å². The summed E-state index contributed by atoms with van der Waals surface area (Å²) in [7, 11) is 0. The Bertz CT molecular complexity index is 838. The molecule has 1 fully saturated rings. The summed E-state index contributed by atoms with van der Waals surface area (Å²) in [6, 6.07) is 13.5. The lowest BCUT2D eigenvalue weighted by Gasteiger charge is -2.29. The van der Waals surface area contributed by atoms with Crippen LogP contribution in [0.4, 0.5) is 11.4 Å². The Balaban J connectivity index is 1.60. The summed E-state index contributed by atoms with van der Waals surface area (Å²) in [6.07, 6.45) is 0. The largest absolute Gasteiger partial charge is 0.378 e. The van der Waals surface area contributed by atoms with E-state index in [1.54, 1.807) is 4.90 Å². The van der Waals surface area contributed by atoms with Gasteiger partial charge in [0.1, 0.15) is 6.54 Å². The van der Waals surface area contributed by atoms with Gasteiger partial charge in [-0.25, -0.2) is 0 Å². The van der Waals surface area contributed by atoms with Crippen LogP contribution in [0.1, 0.15) is 28.4 Å². The minimum Gasteiger partial charge on any atom is -0.378 e. The highest BCUT2D eigenvalue weighted by molar-refractivity contribution is 5.99. The number of likely N-dealkylation sites (N-methyl/N-ethyl adjacent to an activating group) is 1. The Kier molecular flexibility index (Phi) is 6.88. The van der Waals surface area contributed by atoms with Crippen molar-refractivity contribution in [2.45, 2.75) is 20.8 Å². The maximum absolute atomic E-state index is 12.8. The first-order valence-electron chi connectivity index (χ1n) is 10.1. The number of nitrogens with one attached hydrogen (secondary N) is 1. The second-order valence-electron chi connectivity index (χ2n) is 7.39. The first-order valence-corrected chi connectivity index (χ1v) is 10.1. The summed E-state index contributed by atoms with van der Waals surface area (Å²) in [4.78, 5) is 29.1. The molecule has 2 aromatic carbocycles. The second-order valence-corrected chi connectivity index (χ2v) is 7.39. The third-order valence-electron chi connectivity index (χ3n) is 5.00. The molecule has 1 aliphatic rings. The molecule has 0 atom stereocenters. The standard InChI is InChI=1S/C23H29N3O3/c1-4-25(23(28)19-14-17(2)13-18(3)15-19)16-22(27)24-20-5-7-21(8-6-20)26-9-11-29-12-10-26/h5-8,13-15H,4,9-12,16H2,1-3H3,(H,24,27).